The zero-order valence-electron chi connectivity index (χ0n) is 12.4. The SMILES string of the molecule is CCN1CCOC(CNc2nc(NC)nc3sccc23)C1. The number of nitrogens with zero attached hydrogens (tertiary/aromatic N) is 3. The summed E-state index contributed by atoms with van der Waals surface area (Å²) >= 11 is 1.63. The molecule has 2 aromatic rings. The number of aromatic nitrogens is 2. The van der Waals surface area contributed by atoms with E-state index in [-0.39, 0.29) is 6.10 Å². The predicted octanol–water partition coefficient (Wildman–Crippen LogP) is 1.87. The second-order valence-electron chi connectivity index (χ2n) is 5.05. The molecule has 3 heterocycles. The smallest absolute Gasteiger partial charge is 0.225 e. The number of rotatable bonds is 5. The summed E-state index contributed by atoms with van der Waals surface area (Å²) in [4.78, 5) is 12.4. The fraction of sp³-hybridized carbons (Fsp3) is 0.571. The molecule has 0 aromatic carbocycles. The second-order valence-corrected chi connectivity index (χ2v) is 5.95. The number of nitrogens with one attached hydrogen (secondary N) is 2. The van der Waals surface area contributed by atoms with Crippen LogP contribution in [-0.2, 0) is 4.74 Å². The second kappa shape index (κ2) is 6.55. The van der Waals surface area contributed by atoms with E-state index in [1.807, 2.05) is 12.4 Å². The Hall–Kier alpha value is -1.44. The van der Waals surface area contributed by atoms with E-state index in [1.54, 1.807) is 11.3 Å². The molecule has 0 bridgehead atoms. The van der Waals surface area contributed by atoms with Gasteiger partial charge in [0.05, 0.1) is 18.1 Å². The Morgan fingerprint density at radius 3 is 3.19 bits per heavy atom. The van der Waals surface area contributed by atoms with Crippen molar-refractivity contribution in [2.24, 2.45) is 0 Å². The van der Waals surface area contributed by atoms with Crippen molar-refractivity contribution in [3.63, 3.8) is 0 Å². The molecule has 1 aliphatic heterocycles. The molecule has 2 aromatic heterocycles. The average molecular weight is 307 g/mol. The third-order valence-electron chi connectivity index (χ3n) is 3.72. The highest BCUT2D eigenvalue weighted by molar-refractivity contribution is 7.16. The van der Waals surface area contributed by atoms with Crippen molar-refractivity contribution in [1.82, 2.24) is 14.9 Å². The van der Waals surface area contributed by atoms with Crippen LogP contribution in [0.1, 0.15) is 6.92 Å². The lowest BCUT2D eigenvalue weighted by Crippen LogP contribution is -2.45. The van der Waals surface area contributed by atoms with Crippen LogP contribution < -0.4 is 10.6 Å². The molecule has 1 aliphatic rings. The Labute approximate surface area is 128 Å². The molecule has 1 saturated heterocycles. The van der Waals surface area contributed by atoms with Gasteiger partial charge in [0.2, 0.25) is 5.95 Å². The molecule has 1 fully saturated rings. The first kappa shape index (κ1) is 14.5. The lowest BCUT2D eigenvalue weighted by atomic mass is 10.2. The van der Waals surface area contributed by atoms with Gasteiger partial charge < -0.3 is 15.4 Å². The maximum atomic E-state index is 5.82. The number of thiophene rings is 1. The van der Waals surface area contributed by atoms with Gasteiger partial charge >= 0.3 is 0 Å². The summed E-state index contributed by atoms with van der Waals surface area (Å²) in [5.41, 5.74) is 0. The molecule has 1 unspecified atom stereocenters. The van der Waals surface area contributed by atoms with E-state index in [1.165, 1.54) is 0 Å². The third-order valence-corrected chi connectivity index (χ3v) is 4.52. The molecule has 0 radical (unpaired) electrons. The van der Waals surface area contributed by atoms with E-state index in [9.17, 15) is 0 Å². The first-order valence-electron chi connectivity index (χ1n) is 7.31. The molecular formula is C14H21N5OS. The minimum atomic E-state index is 0.209. The van der Waals surface area contributed by atoms with Crippen LogP contribution in [-0.4, -0.2) is 60.8 Å². The van der Waals surface area contributed by atoms with Gasteiger partial charge in [0.15, 0.2) is 0 Å². The number of fused-ring (bicyclic) bond motifs is 1. The summed E-state index contributed by atoms with van der Waals surface area (Å²) in [6, 6.07) is 2.06. The van der Waals surface area contributed by atoms with E-state index in [4.69, 9.17) is 4.74 Å². The monoisotopic (exact) mass is 307 g/mol. The Morgan fingerprint density at radius 2 is 2.38 bits per heavy atom. The standard InChI is InChI=1S/C14H21N5OS/c1-3-19-5-6-20-10(9-19)8-16-12-11-4-7-21-13(11)18-14(15-2)17-12/h4,7,10H,3,5-6,8-9H2,1-2H3,(H2,15,16,17,18). The summed E-state index contributed by atoms with van der Waals surface area (Å²) < 4.78 is 5.82. The van der Waals surface area contributed by atoms with Gasteiger partial charge in [0.25, 0.3) is 0 Å². The van der Waals surface area contributed by atoms with E-state index >= 15 is 0 Å². The third kappa shape index (κ3) is 3.25. The van der Waals surface area contributed by atoms with Crippen LogP contribution in [0.4, 0.5) is 11.8 Å². The van der Waals surface area contributed by atoms with Crippen molar-refractivity contribution in [1.29, 1.82) is 0 Å². The van der Waals surface area contributed by atoms with Crippen molar-refractivity contribution >= 4 is 33.3 Å². The van der Waals surface area contributed by atoms with Crippen LogP contribution in [0.15, 0.2) is 11.4 Å². The van der Waals surface area contributed by atoms with Crippen LogP contribution in [0.2, 0.25) is 0 Å². The molecule has 21 heavy (non-hydrogen) atoms. The van der Waals surface area contributed by atoms with E-state index in [2.05, 4.69) is 38.5 Å². The molecule has 2 N–H and O–H groups in total. The molecule has 114 valence electrons. The van der Waals surface area contributed by atoms with Crippen LogP contribution >= 0.6 is 11.3 Å². The number of ether oxygens (including phenoxy) is 1. The van der Waals surface area contributed by atoms with E-state index in [0.717, 1.165) is 48.8 Å². The molecule has 0 amide bonds. The zero-order chi connectivity index (χ0) is 14.7. The number of hydrogen-bond acceptors (Lipinski definition) is 7. The van der Waals surface area contributed by atoms with Crippen molar-refractivity contribution in [2.75, 3.05) is 50.5 Å². The topological polar surface area (TPSA) is 62.3 Å². The highest BCUT2D eigenvalue weighted by Gasteiger charge is 2.19. The summed E-state index contributed by atoms with van der Waals surface area (Å²) in [5, 5.41) is 9.55. The molecule has 6 nitrogen and oxygen atoms in total. The number of anilines is 2. The van der Waals surface area contributed by atoms with Gasteiger partial charge in [0, 0.05) is 26.7 Å². The minimum absolute atomic E-state index is 0.209. The van der Waals surface area contributed by atoms with Crippen molar-refractivity contribution < 1.29 is 4.74 Å². The Morgan fingerprint density at radius 1 is 1.48 bits per heavy atom. The summed E-state index contributed by atoms with van der Waals surface area (Å²) in [6.07, 6.45) is 0.209. The summed E-state index contributed by atoms with van der Waals surface area (Å²) in [7, 11) is 1.84. The Balaban J connectivity index is 1.71. The van der Waals surface area contributed by atoms with Gasteiger partial charge in [-0.1, -0.05) is 6.92 Å². The molecule has 0 saturated carbocycles. The van der Waals surface area contributed by atoms with Gasteiger partial charge in [0.1, 0.15) is 10.6 Å². The number of morpholine rings is 1. The lowest BCUT2D eigenvalue weighted by molar-refractivity contribution is -0.0192. The van der Waals surface area contributed by atoms with E-state index in [0.29, 0.717) is 5.95 Å². The largest absolute Gasteiger partial charge is 0.374 e. The highest BCUT2D eigenvalue weighted by atomic mass is 32.1. The molecular weight excluding hydrogens is 286 g/mol. The van der Waals surface area contributed by atoms with Gasteiger partial charge in [-0.3, -0.25) is 4.90 Å². The number of likely N-dealkylation sites (N-methyl/N-ethyl adjacent to an activating group) is 1. The fourth-order valence-electron chi connectivity index (χ4n) is 2.50. The maximum absolute atomic E-state index is 5.82. The normalized spacial score (nSPS) is 19.8. The van der Waals surface area contributed by atoms with Crippen LogP contribution in [0, 0.1) is 0 Å². The average Bonchev–Trinajstić information content (AvgIpc) is 3.01. The first-order valence-corrected chi connectivity index (χ1v) is 8.19. The summed E-state index contributed by atoms with van der Waals surface area (Å²) in [5.74, 6) is 1.52. The number of hydrogen-bond donors (Lipinski definition) is 2. The molecule has 7 heteroatoms. The van der Waals surface area contributed by atoms with Gasteiger partial charge in [-0.25, -0.2) is 4.98 Å². The van der Waals surface area contributed by atoms with E-state index < -0.39 is 0 Å². The zero-order valence-corrected chi connectivity index (χ0v) is 13.2. The molecule has 3 rings (SSSR count). The lowest BCUT2D eigenvalue weighted by Gasteiger charge is -2.32. The first-order chi connectivity index (χ1) is 10.3. The van der Waals surface area contributed by atoms with Crippen molar-refractivity contribution in [3.05, 3.63) is 11.4 Å². The van der Waals surface area contributed by atoms with Crippen LogP contribution in [0.5, 0.6) is 0 Å². The van der Waals surface area contributed by atoms with Crippen molar-refractivity contribution in [3.8, 4) is 0 Å². The maximum Gasteiger partial charge on any atom is 0.225 e. The van der Waals surface area contributed by atoms with Crippen LogP contribution in [0.25, 0.3) is 10.2 Å². The van der Waals surface area contributed by atoms with Gasteiger partial charge in [-0.2, -0.15) is 4.98 Å². The quantitative estimate of drug-likeness (QED) is 0.879. The molecule has 1 atom stereocenters. The minimum Gasteiger partial charge on any atom is -0.374 e. The van der Waals surface area contributed by atoms with Gasteiger partial charge in [-0.05, 0) is 18.0 Å². The Kier molecular flexibility index (Phi) is 4.52. The fourth-order valence-corrected chi connectivity index (χ4v) is 3.27. The Bertz CT molecular complexity index is 602. The predicted molar refractivity (Wildman–Crippen MR) is 87.3 cm³/mol. The molecule has 0 aliphatic carbocycles. The molecule has 0 spiro atoms. The van der Waals surface area contributed by atoms with Crippen LogP contribution in [0.3, 0.4) is 0 Å². The van der Waals surface area contributed by atoms with Crippen molar-refractivity contribution in [2.45, 2.75) is 13.0 Å². The highest BCUT2D eigenvalue weighted by Crippen LogP contribution is 2.26. The van der Waals surface area contributed by atoms with Gasteiger partial charge in [-0.15, -0.1) is 11.3 Å². The summed E-state index contributed by atoms with van der Waals surface area (Å²) in [6.45, 7) is 6.83.